The molecule has 51 heavy (non-hydrogen) atoms. The summed E-state index contributed by atoms with van der Waals surface area (Å²) in [5.74, 6) is -0.963. The van der Waals surface area contributed by atoms with Crippen LogP contribution in [0.2, 0.25) is 5.02 Å². The molecule has 0 bridgehead atoms. The number of ether oxygens (including phenoxy) is 2. The van der Waals surface area contributed by atoms with Gasteiger partial charge >= 0.3 is 5.97 Å². The smallest absolute Gasteiger partial charge is 0.310 e. The number of rotatable bonds is 15. The molecule has 4 aromatic carbocycles. The zero-order chi connectivity index (χ0) is 36.4. The molecule has 0 saturated carbocycles. The minimum atomic E-state index is -0.921. The van der Waals surface area contributed by atoms with E-state index in [1.165, 1.54) is 0 Å². The fourth-order valence-corrected chi connectivity index (χ4v) is 6.65. The predicted molar refractivity (Wildman–Crippen MR) is 202 cm³/mol. The Morgan fingerprint density at radius 1 is 0.941 bits per heavy atom. The molecule has 1 aliphatic rings. The number of nitrogens with two attached hydrogens (primary N) is 1. The van der Waals surface area contributed by atoms with Gasteiger partial charge in [0.25, 0.3) is 0 Å². The van der Waals surface area contributed by atoms with Crippen LogP contribution in [0.4, 0.5) is 0 Å². The van der Waals surface area contributed by atoms with Crippen LogP contribution in [-0.2, 0) is 43.3 Å². The normalized spacial score (nSPS) is 17.5. The summed E-state index contributed by atoms with van der Waals surface area (Å²) in [6.45, 7) is 6.39. The van der Waals surface area contributed by atoms with Crippen molar-refractivity contribution < 1.29 is 23.9 Å². The van der Waals surface area contributed by atoms with E-state index in [0.717, 1.165) is 40.3 Å². The molecule has 9 heteroatoms. The second kappa shape index (κ2) is 17.6. The van der Waals surface area contributed by atoms with E-state index in [0.29, 0.717) is 24.6 Å². The van der Waals surface area contributed by atoms with E-state index in [-0.39, 0.29) is 30.9 Å². The maximum Gasteiger partial charge on any atom is 0.310 e. The van der Waals surface area contributed by atoms with E-state index in [4.69, 9.17) is 26.8 Å². The van der Waals surface area contributed by atoms with Gasteiger partial charge in [0.2, 0.25) is 11.8 Å². The number of carbonyl (C=O) groups is 3. The van der Waals surface area contributed by atoms with Gasteiger partial charge in [-0.1, -0.05) is 116 Å². The molecule has 2 amide bonds. The van der Waals surface area contributed by atoms with Crippen LogP contribution in [0.5, 0.6) is 0 Å². The third kappa shape index (κ3) is 10.7. The lowest BCUT2D eigenvalue weighted by Gasteiger charge is -2.32. The Bertz CT molecular complexity index is 1830. The molecule has 1 fully saturated rings. The van der Waals surface area contributed by atoms with Gasteiger partial charge in [0.05, 0.1) is 31.2 Å². The fraction of sp³-hybridized carbons (Fsp3) is 0.357. The summed E-state index contributed by atoms with van der Waals surface area (Å²) in [6.07, 6.45) is 5.76. The van der Waals surface area contributed by atoms with Crippen molar-refractivity contribution in [2.75, 3.05) is 13.2 Å². The van der Waals surface area contributed by atoms with Crippen LogP contribution in [-0.4, -0.2) is 60.1 Å². The summed E-state index contributed by atoms with van der Waals surface area (Å²) in [6, 6.07) is 29.4. The zero-order valence-corrected chi connectivity index (χ0v) is 30.4. The van der Waals surface area contributed by atoms with Crippen molar-refractivity contribution >= 4 is 40.2 Å². The lowest BCUT2D eigenvalue weighted by atomic mass is 9.83. The van der Waals surface area contributed by atoms with Gasteiger partial charge in [0.15, 0.2) is 0 Å². The Hall–Kier alpha value is -4.50. The lowest BCUT2D eigenvalue weighted by molar-refractivity contribution is -0.145. The number of esters is 1. The van der Waals surface area contributed by atoms with Crippen LogP contribution in [0.3, 0.4) is 0 Å². The number of hydrogen-bond donors (Lipinski definition) is 2. The van der Waals surface area contributed by atoms with Crippen molar-refractivity contribution in [2.45, 2.75) is 77.3 Å². The van der Waals surface area contributed by atoms with Crippen LogP contribution in [0.15, 0.2) is 109 Å². The highest BCUT2D eigenvalue weighted by Gasteiger charge is 2.37. The van der Waals surface area contributed by atoms with Gasteiger partial charge in [-0.15, -0.1) is 0 Å². The van der Waals surface area contributed by atoms with Crippen molar-refractivity contribution in [3.8, 4) is 0 Å². The Labute approximate surface area is 305 Å². The number of fused-ring (bicyclic) bond motifs is 1. The first-order chi connectivity index (χ1) is 24.5. The van der Waals surface area contributed by atoms with Crippen LogP contribution < -0.4 is 11.1 Å². The standard InChI is InChI=1S/C42H48ClN3O5/c1-29(44)40(48)45-39(30(2)50-27-31-11-5-4-6-12-31)41(49)46-22-10-17-37(46)20-21-42(3,26-33-13-9-16-36(43)24-33)28-51-38(47)25-32-18-19-34-14-7-8-15-35(34)23-32/h4-9,11-16,18-21,23-24,29-30,37,39H,10,17,22,25-28,44H2,1-3H3,(H,45,48)/b21-20+/t29-,30+,37?,39-,42-/m0/s1. The number of nitrogens with one attached hydrogen (secondary N) is 1. The van der Waals surface area contributed by atoms with Crippen LogP contribution in [0.25, 0.3) is 10.8 Å². The molecular weight excluding hydrogens is 662 g/mol. The molecule has 0 aliphatic carbocycles. The summed E-state index contributed by atoms with van der Waals surface area (Å²) >= 11 is 6.34. The second-order valence-electron chi connectivity index (χ2n) is 13.9. The fourth-order valence-electron chi connectivity index (χ4n) is 6.43. The Morgan fingerprint density at radius 2 is 1.67 bits per heavy atom. The highest BCUT2D eigenvalue weighted by molar-refractivity contribution is 6.30. The largest absolute Gasteiger partial charge is 0.465 e. The van der Waals surface area contributed by atoms with Gasteiger partial charge < -0.3 is 25.4 Å². The van der Waals surface area contributed by atoms with E-state index in [9.17, 15) is 14.4 Å². The molecule has 268 valence electrons. The van der Waals surface area contributed by atoms with Gasteiger partial charge in [-0.3, -0.25) is 14.4 Å². The molecule has 5 rings (SSSR count). The Morgan fingerprint density at radius 3 is 2.41 bits per heavy atom. The third-order valence-electron chi connectivity index (χ3n) is 9.33. The van der Waals surface area contributed by atoms with Crippen LogP contribution >= 0.6 is 11.6 Å². The summed E-state index contributed by atoms with van der Waals surface area (Å²) in [7, 11) is 0. The number of halogens is 1. The lowest BCUT2D eigenvalue weighted by Crippen LogP contribution is -2.57. The third-order valence-corrected chi connectivity index (χ3v) is 9.56. The summed E-state index contributed by atoms with van der Waals surface area (Å²) < 4.78 is 12.0. The van der Waals surface area contributed by atoms with E-state index >= 15 is 0 Å². The quantitative estimate of drug-likeness (QED) is 0.104. The summed E-state index contributed by atoms with van der Waals surface area (Å²) in [5.41, 5.74) is 8.13. The first-order valence-corrected chi connectivity index (χ1v) is 18.0. The molecule has 1 saturated heterocycles. The molecule has 0 spiro atoms. The Kier molecular flexibility index (Phi) is 13.0. The number of carbonyl (C=O) groups excluding carboxylic acids is 3. The average Bonchev–Trinajstić information content (AvgIpc) is 3.60. The number of amides is 2. The summed E-state index contributed by atoms with van der Waals surface area (Å²) in [5, 5.41) is 5.66. The van der Waals surface area contributed by atoms with Gasteiger partial charge in [-0.2, -0.15) is 0 Å². The first kappa shape index (κ1) is 37.7. The van der Waals surface area contributed by atoms with Crippen LogP contribution in [0, 0.1) is 5.41 Å². The number of hydrogen-bond acceptors (Lipinski definition) is 6. The van der Waals surface area contributed by atoms with Gasteiger partial charge in [-0.05, 0) is 72.7 Å². The first-order valence-electron chi connectivity index (χ1n) is 17.6. The maximum absolute atomic E-state index is 14.2. The topological polar surface area (TPSA) is 111 Å². The molecule has 1 aliphatic heterocycles. The molecule has 0 radical (unpaired) electrons. The number of nitrogens with zero attached hydrogens (tertiary/aromatic N) is 1. The predicted octanol–water partition coefficient (Wildman–Crippen LogP) is 6.81. The van der Waals surface area contributed by atoms with E-state index in [1.54, 1.807) is 18.7 Å². The number of likely N-dealkylation sites (tertiary alicyclic amines) is 1. The van der Waals surface area contributed by atoms with Crippen molar-refractivity contribution in [1.82, 2.24) is 10.2 Å². The molecular formula is C42H48ClN3O5. The molecule has 8 nitrogen and oxygen atoms in total. The SMILES string of the molecule is C[C@H](N)C(=O)N[C@H](C(=O)N1CCCC1/C=C/[C@](C)(COC(=O)Cc1ccc2ccccc2c1)Cc1cccc(Cl)c1)[C@@H](C)OCc1ccccc1. The van der Waals surface area contributed by atoms with Gasteiger partial charge in [-0.25, -0.2) is 0 Å². The highest BCUT2D eigenvalue weighted by Crippen LogP contribution is 2.29. The van der Waals surface area contributed by atoms with Gasteiger partial charge in [0.1, 0.15) is 12.6 Å². The molecule has 1 heterocycles. The Balaban J connectivity index is 1.31. The molecule has 0 aromatic heterocycles. The second-order valence-corrected chi connectivity index (χ2v) is 14.3. The van der Waals surface area contributed by atoms with Crippen molar-refractivity contribution in [3.05, 3.63) is 131 Å². The van der Waals surface area contributed by atoms with Gasteiger partial charge in [0, 0.05) is 17.0 Å². The van der Waals surface area contributed by atoms with E-state index in [2.05, 4.69) is 11.4 Å². The van der Waals surface area contributed by atoms with E-state index < -0.39 is 29.5 Å². The maximum atomic E-state index is 14.2. The molecule has 5 atom stereocenters. The van der Waals surface area contributed by atoms with Crippen molar-refractivity contribution in [3.63, 3.8) is 0 Å². The highest BCUT2D eigenvalue weighted by atomic mass is 35.5. The number of benzene rings is 4. The molecule has 4 aromatic rings. The van der Waals surface area contributed by atoms with Crippen molar-refractivity contribution in [1.29, 1.82) is 0 Å². The monoisotopic (exact) mass is 709 g/mol. The average molecular weight is 710 g/mol. The molecule has 1 unspecified atom stereocenters. The van der Waals surface area contributed by atoms with Crippen LogP contribution in [0.1, 0.15) is 50.3 Å². The van der Waals surface area contributed by atoms with Crippen molar-refractivity contribution in [2.24, 2.45) is 11.1 Å². The minimum Gasteiger partial charge on any atom is -0.465 e. The summed E-state index contributed by atoms with van der Waals surface area (Å²) in [4.78, 5) is 41.9. The molecule has 3 N–H and O–H groups in total. The minimum absolute atomic E-state index is 0.139. The van der Waals surface area contributed by atoms with E-state index in [1.807, 2.05) is 110 Å². The zero-order valence-electron chi connectivity index (χ0n) is 29.6.